The molecule has 0 fully saturated rings. The smallest absolute Gasteiger partial charge is 0.0975 e. The van der Waals surface area contributed by atoms with Crippen LogP contribution in [0.3, 0.4) is 0 Å². The van der Waals surface area contributed by atoms with Gasteiger partial charge in [0.15, 0.2) is 0 Å². The van der Waals surface area contributed by atoms with Crippen molar-refractivity contribution in [2.75, 3.05) is 0 Å². The maximum atomic E-state index is 5.93. The molecule has 0 aliphatic heterocycles. The Hall–Kier alpha value is -1.24. The molecule has 1 aromatic carbocycles. The molecule has 0 spiro atoms. The van der Waals surface area contributed by atoms with E-state index in [0.717, 1.165) is 19.3 Å². The highest BCUT2D eigenvalue weighted by Crippen LogP contribution is 2.13. The molecule has 0 N–H and O–H groups in total. The van der Waals surface area contributed by atoms with E-state index in [1.807, 2.05) is 6.26 Å². The van der Waals surface area contributed by atoms with Gasteiger partial charge in [0.05, 0.1) is 12.4 Å². The van der Waals surface area contributed by atoms with Crippen LogP contribution in [-0.4, -0.2) is 6.10 Å². The van der Waals surface area contributed by atoms with Gasteiger partial charge in [0.2, 0.25) is 0 Å². The molecule has 1 rings (SSSR count). The molecular weight excluding hydrogens is 244 g/mol. The molecule has 0 aromatic heterocycles. The van der Waals surface area contributed by atoms with Crippen LogP contribution < -0.4 is 0 Å². The van der Waals surface area contributed by atoms with Crippen LogP contribution in [0.5, 0.6) is 0 Å². The maximum Gasteiger partial charge on any atom is 0.0975 e. The Morgan fingerprint density at radius 3 is 2.55 bits per heavy atom. The molecule has 1 nitrogen and oxygen atoms in total. The topological polar surface area (TPSA) is 9.23 Å². The summed E-state index contributed by atoms with van der Waals surface area (Å²) in [5.74, 6) is 0. The van der Waals surface area contributed by atoms with Crippen LogP contribution in [0.1, 0.15) is 64.9 Å². The normalized spacial score (nSPS) is 13.2. The summed E-state index contributed by atoms with van der Waals surface area (Å²) in [6.45, 7) is 6.63. The molecule has 20 heavy (non-hydrogen) atoms. The largest absolute Gasteiger partial charge is 0.498 e. The van der Waals surface area contributed by atoms with Crippen LogP contribution in [0.4, 0.5) is 0 Å². The Morgan fingerprint density at radius 2 is 1.90 bits per heavy atom. The lowest BCUT2D eigenvalue weighted by atomic mass is 10.1. The lowest BCUT2D eigenvalue weighted by Gasteiger charge is -2.15. The molecule has 0 bridgehead atoms. The number of unbranched alkanes of at least 4 members (excludes halogenated alkanes) is 2. The second-order valence-corrected chi connectivity index (χ2v) is 5.61. The quantitative estimate of drug-likeness (QED) is 0.381. The minimum absolute atomic E-state index is 0.397. The summed E-state index contributed by atoms with van der Waals surface area (Å²) < 4.78 is 5.93. The number of aryl methyl sites for hydroxylation is 1. The molecule has 1 unspecified atom stereocenters. The first-order valence-electron chi connectivity index (χ1n) is 8.11. The van der Waals surface area contributed by atoms with Crippen molar-refractivity contribution < 1.29 is 4.74 Å². The molecule has 0 radical (unpaired) electrons. The summed E-state index contributed by atoms with van der Waals surface area (Å²) in [5.41, 5.74) is 2.73. The zero-order chi connectivity index (χ0) is 14.6. The molecule has 1 heteroatoms. The fraction of sp³-hybridized carbons (Fsp3) is 0.579. The van der Waals surface area contributed by atoms with Gasteiger partial charge in [-0.25, -0.2) is 0 Å². The molecule has 0 amide bonds. The van der Waals surface area contributed by atoms with Gasteiger partial charge in [0, 0.05) is 0 Å². The van der Waals surface area contributed by atoms with Gasteiger partial charge >= 0.3 is 0 Å². The van der Waals surface area contributed by atoms with Gasteiger partial charge in [-0.3, -0.25) is 0 Å². The standard InChI is InChI=1S/C19H30O/c1-4-6-8-13-19(5-2)20-16-17(3)14-15-18-11-9-7-10-12-18/h7,9-12,16,19H,4-6,8,13-15H2,1-3H3. The van der Waals surface area contributed by atoms with Crippen molar-refractivity contribution in [1.82, 2.24) is 0 Å². The zero-order valence-corrected chi connectivity index (χ0v) is 13.4. The first kappa shape index (κ1) is 16.8. The van der Waals surface area contributed by atoms with E-state index in [1.165, 1.54) is 36.8 Å². The van der Waals surface area contributed by atoms with Crippen molar-refractivity contribution in [1.29, 1.82) is 0 Å². The summed E-state index contributed by atoms with van der Waals surface area (Å²) in [6, 6.07) is 10.6. The second kappa shape index (κ2) is 10.5. The molecule has 1 atom stereocenters. The maximum absolute atomic E-state index is 5.93. The van der Waals surface area contributed by atoms with E-state index in [0.29, 0.717) is 6.10 Å². The van der Waals surface area contributed by atoms with E-state index in [2.05, 4.69) is 51.1 Å². The van der Waals surface area contributed by atoms with Gasteiger partial charge < -0.3 is 4.74 Å². The van der Waals surface area contributed by atoms with E-state index >= 15 is 0 Å². The highest BCUT2D eigenvalue weighted by molar-refractivity contribution is 5.16. The van der Waals surface area contributed by atoms with Gasteiger partial charge in [-0.2, -0.15) is 0 Å². The van der Waals surface area contributed by atoms with Gasteiger partial charge in [-0.1, -0.05) is 57.0 Å². The average molecular weight is 274 g/mol. The zero-order valence-electron chi connectivity index (χ0n) is 13.4. The lowest BCUT2D eigenvalue weighted by molar-refractivity contribution is 0.126. The third kappa shape index (κ3) is 7.37. The van der Waals surface area contributed by atoms with Crippen molar-refractivity contribution in [3.8, 4) is 0 Å². The van der Waals surface area contributed by atoms with E-state index in [4.69, 9.17) is 4.74 Å². The minimum atomic E-state index is 0.397. The van der Waals surface area contributed by atoms with Gasteiger partial charge in [0.1, 0.15) is 0 Å². The number of hydrogen-bond acceptors (Lipinski definition) is 1. The molecule has 0 saturated carbocycles. The summed E-state index contributed by atoms with van der Waals surface area (Å²) >= 11 is 0. The van der Waals surface area contributed by atoms with Gasteiger partial charge in [-0.15, -0.1) is 0 Å². The highest BCUT2D eigenvalue weighted by Gasteiger charge is 2.05. The number of hydrogen-bond donors (Lipinski definition) is 0. The fourth-order valence-electron chi connectivity index (χ4n) is 2.25. The van der Waals surface area contributed by atoms with Crippen molar-refractivity contribution in [3.63, 3.8) is 0 Å². The predicted octanol–water partition coefficient (Wildman–Crippen LogP) is 5.90. The van der Waals surface area contributed by atoms with Crippen LogP contribution in [0.15, 0.2) is 42.2 Å². The fourth-order valence-corrected chi connectivity index (χ4v) is 2.25. The SMILES string of the molecule is CCCCCC(CC)OC=C(C)CCc1ccccc1. The van der Waals surface area contributed by atoms with E-state index in [1.54, 1.807) is 0 Å². The predicted molar refractivity (Wildman–Crippen MR) is 87.8 cm³/mol. The highest BCUT2D eigenvalue weighted by atomic mass is 16.5. The Kier molecular flexibility index (Phi) is 8.86. The summed E-state index contributed by atoms with van der Waals surface area (Å²) in [7, 11) is 0. The molecule has 0 aliphatic rings. The first-order valence-corrected chi connectivity index (χ1v) is 8.11. The molecule has 0 aliphatic carbocycles. The minimum Gasteiger partial charge on any atom is -0.498 e. The first-order chi connectivity index (χ1) is 9.76. The Balaban J connectivity index is 2.28. The van der Waals surface area contributed by atoms with Crippen molar-refractivity contribution in [2.45, 2.75) is 71.8 Å². The Morgan fingerprint density at radius 1 is 1.15 bits per heavy atom. The third-order valence-corrected chi connectivity index (χ3v) is 3.70. The van der Waals surface area contributed by atoms with Crippen LogP contribution in [-0.2, 0) is 11.2 Å². The molecule has 0 saturated heterocycles. The van der Waals surface area contributed by atoms with Crippen molar-refractivity contribution in [2.24, 2.45) is 0 Å². The Labute approximate surface area is 125 Å². The van der Waals surface area contributed by atoms with Crippen LogP contribution in [0.2, 0.25) is 0 Å². The molecule has 1 aromatic rings. The van der Waals surface area contributed by atoms with E-state index < -0.39 is 0 Å². The van der Waals surface area contributed by atoms with Crippen LogP contribution in [0.25, 0.3) is 0 Å². The van der Waals surface area contributed by atoms with Crippen molar-refractivity contribution in [3.05, 3.63) is 47.7 Å². The molecule has 112 valence electrons. The third-order valence-electron chi connectivity index (χ3n) is 3.70. The molecule has 0 heterocycles. The average Bonchev–Trinajstić information content (AvgIpc) is 2.49. The van der Waals surface area contributed by atoms with E-state index in [9.17, 15) is 0 Å². The van der Waals surface area contributed by atoms with Crippen molar-refractivity contribution >= 4 is 0 Å². The van der Waals surface area contributed by atoms with Crippen LogP contribution in [0, 0.1) is 0 Å². The summed E-state index contributed by atoms with van der Waals surface area (Å²) in [5, 5.41) is 0. The summed E-state index contributed by atoms with van der Waals surface area (Å²) in [6.07, 6.45) is 10.7. The van der Waals surface area contributed by atoms with E-state index in [-0.39, 0.29) is 0 Å². The Bertz CT molecular complexity index is 367. The second-order valence-electron chi connectivity index (χ2n) is 5.61. The number of rotatable bonds is 10. The van der Waals surface area contributed by atoms with Gasteiger partial charge in [0.25, 0.3) is 0 Å². The molecular formula is C19H30O. The monoisotopic (exact) mass is 274 g/mol. The number of ether oxygens (including phenoxy) is 1. The summed E-state index contributed by atoms with van der Waals surface area (Å²) in [4.78, 5) is 0. The lowest BCUT2D eigenvalue weighted by Crippen LogP contribution is -2.08. The number of allylic oxidation sites excluding steroid dienone is 1. The van der Waals surface area contributed by atoms with Gasteiger partial charge in [-0.05, 0) is 50.2 Å². The number of benzene rings is 1. The van der Waals surface area contributed by atoms with Crippen LogP contribution >= 0.6 is 0 Å².